The molecule has 2 N–H and O–H groups in total. The van der Waals surface area contributed by atoms with E-state index in [4.69, 9.17) is 5.11 Å². The van der Waals surface area contributed by atoms with Crippen molar-refractivity contribution in [1.82, 2.24) is 5.32 Å². The Kier molecular flexibility index (Phi) is 6.36. The van der Waals surface area contributed by atoms with Gasteiger partial charge in [-0.25, -0.2) is 4.79 Å². The zero-order chi connectivity index (χ0) is 14.3. The standard InChI is InChI=1S/C12H21NO5/c1-12(2,3)7-9(14)13-8(11(16)17)5-6-10(15)18-4/h8H,5-7H2,1-4H3,(H,13,14)(H,16,17). The Morgan fingerprint density at radius 3 is 2.22 bits per heavy atom. The second-order valence-electron chi connectivity index (χ2n) is 5.31. The number of rotatable bonds is 6. The summed E-state index contributed by atoms with van der Waals surface area (Å²) in [4.78, 5) is 33.5. The summed E-state index contributed by atoms with van der Waals surface area (Å²) in [6.45, 7) is 5.66. The monoisotopic (exact) mass is 259 g/mol. The third kappa shape index (κ3) is 7.65. The quantitative estimate of drug-likeness (QED) is 0.693. The van der Waals surface area contributed by atoms with E-state index in [0.29, 0.717) is 0 Å². The van der Waals surface area contributed by atoms with Crippen LogP contribution in [-0.4, -0.2) is 36.1 Å². The molecule has 0 aromatic carbocycles. The van der Waals surface area contributed by atoms with Gasteiger partial charge in [0.1, 0.15) is 6.04 Å². The number of carboxylic acids is 1. The van der Waals surface area contributed by atoms with Gasteiger partial charge < -0.3 is 15.2 Å². The molecule has 1 atom stereocenters. The number of hydrogen-bond donors (Lipinski definition) is 2. The summed E-state index contributed by atoms with van der Waals surface area (Å²) in [5.41, 5.74) is -0.213. The molecule has 0 spiro atoms. The first-order valence-electron chi connectivity index (χ1n) is 5.74. The minimum atomic E-state index is -1.15. The number of nitrogens with one attached hydrogen (secondary N) is 1. The number of aliphatic carboxylic acids is 1. The summed E-state index contributed by atoms with van der Waals surface area (Å²) in [6.07, 6.45) is 0.218. The van der Waals surface area contributed by atoms with Crippen molar-refractivity contribution in [3.05, 3.63) is 0 Å². The minimum absolute atomic E-state index is 0.0257. The van der Waals surface area contributed by atoms with Crippen LogP contribution in [0.2, 0.25) is 0 Å². The number of amides is 1. The van der Waals surface area contributed by atoms with Crippen LogP contribution >= 0.6 is 0 Å². The maximum Gasteiger partial charge on any atom is 0.326 e. The van der Waals surface area contributed by atoms with Crippen LogP contribution in [0.1, 0.15) is 40.0 Å². The van der Waals surface area contributed by atoms with Crippen molar-refractivity contribution in [2.75, 3.05) is 7.11 Å². The SMILES string of the molecule is COC(=O)CCC(NC(=O)CC(C)(C)C)C(=O)O. The van der Waals surface area contributed by atoms with Crippen molar-refractivity contribution < 1.29 is 24.2 Å². The van der Waals surface area contributed by atoms with Crippen LogP contribution < -0.4 is 5.32 Å². The zero-order valence-electron chi connectivity index (χ0n) is 11.3. The molecule has 0 aliphatic heterocycles. The molecule has 6 heteroatoms. The van der Waals surface area contributed by atoms with Crippen LogP contribution in [0.4, 0.5) is 0 Å². The number of carboxylic acid groups (broad SMARTS) is 1. The van der Waals surface area contributed by atoms with Gasteiger partial charge >= 0.3 is 11.9 Å². The van der Waals surface area contributed by atoms with E-state index in [0.717, 1.165) is 0 Å². The first-order chi connectivity index (χ1) is 8.15. The van der Waals surface area contributed by atoms with Gasteiger partial charge in [0.15, 0.2) is 0 Å². The third-order valence-corrected chi connectivity index (χ3v) is 2.19. The zero-order valence-corrected chi connectivity index (χ0v) is 11.3. The average Bonchev–Trinajstić information content (AvgIpc) is 2.20. The van der Waals surface area contributed by atoms with Crippen molar-refractivity contribution in [3.8, 4) is 0 Å². The molecule has 0 rings (SSSR count). The van der Waals surface area contributed by atoms with E-state index in [1.165, 1.54) is 7.11 Å². The fraction of sp³-hybridized carbons (Fsp3) is 0.750. The molecule has 1 unspecified atom stereocenters. The van der Waals surface area contributed by atoms with Gasteiger partial charge in [0.2, 0.25) is 5.91 Å². The van der Waals surface area contributed by atoms with Gasteiger partial charge in [-0.3, -0.25) is 9.59 Å². The maximum atomic E-state index is 11.6. The molecule has 0 saturated heterocycles. The molecule has 0 aliphatic carbocycles. The van der Waals surface area contributed by atoms with Gasteiger partial charge in [-0.05, 0) is 11.8 Å². The lowest BCUT2D eigenvalue weighted by atomic mass is 9.92. The molecule has 0 aromatic rings. The summed E-state index contributed by atoms with van der Waals surface area (Å²) in [5.74, 6) is -1.98. The Morgan fingerprint density at radius 2 is 1.83 bits per heavy atom. The summed E-state index contributed by atoms with van der Waals surface area (Å²) in [6, 6.07) is -1.06. The van der Waals surface area contributed by atoms with Gasteiger partial charge in [0, 0.05) is 12.8 Å². The number of ether oxygens (including phenoxy) is 1. The number of carbonyl (C=O) groups is 3. The second-order valence-corrected chi connectivity index (χ2v) is 5.31. The maximum absolute atomic E-state index is 11.6. The third-order valence-electron chi connectivity index (χ3n) is 2.19. The highest BCUT2D eigenvalue weighted by molar-refractivity contribution is 5.84. The fourth-order valence-electron chi connectivity index (χ4n) is 1.35. The molecule has 0 saturated carbocycles. The Bertz CT molecular complexity index is 319. The van der Waals surface area contributed by atoms with Gasteiger partial charge in [-0.1, -0.05) is 20.8 Å². The Balaban J connectivity index is 4.32. The van der Waals surface area contributed by atoms with E-state index in [2.05, 4.69) is 10.1 Å². The Morgan fingerprint density at radius 1 is 1.28 bits per heavy atom. The van der Waals surface area contributed by atoms with E-state index in [-0.39, 0.29) is 30.6 Å². The number of hydrogen-bond acceptors (Lipinski definition) is 4. The molecular weight excluding hydrogens is 238 g/mol. The molecule has 0 fully saturated rings. The molecule has 0 aliphatic rings. The predicted octanol–water partition coefficient (Wildman–Crippen LogP) is 0.945. The topological polar surface area (TPSA) is 92.7 Å². The van der Waals surface area contributed by atoms with E-state index in [1.807, 2.05) is 20.8 Å². The number of carbonyl (C=O) groups excluding carboxylic acids is 2. The summed E-state index contributed by atoms with van der Waals surface area (Å²) < 4.78 is 4.42. The fourth-order valence-corrected chi connectivity index (χ4v) is 1.35. The van der Waals surface area contributed by atoms with Gasteiger partial charge in [0.05, 0.1) is 7.11 Å². The summed E-state index contributed by atoms with van der Waals surface area (Å²) in [5, 5.41) is 11.3. The molecule has 0 aromatic heterocycles. The smallest absolute Gasteiger partial charge is 0.326 e. The van der Waals surface area contributed by atoms with Gasteiger partial charge in [0.25, 0.3) is 0 Å². The molecule has 104 valence electrons. The number of esters is 1. The highest BCUT2D eigenvalue weighted by Crippen LogP contribution is 2.18. The molecule has 0 radical (unpaired) electrons. The van der Waals surface area contributed by atoms with Crippen LogP contribution in [0.5, 0.6) is 0 Å². The van der Waals surface area contributed by atoms with Gasteiger partial charge in [-0.2, -0.15) is 0 Å². The second kappa shape index (κ2) is 6.98. The normalized spacial score (nSPS) is 12.7. The lowest BCUT2D eigenvalue weighted by Crippen LogP contribution is -2.42. The molecule has 0 heterocycles. The van der Waals surface area contributed by atoms with Crippen molar-refractivity contribution in [2.24, 2.45) is 5.41 Å². The molecule has 0 bridgehead atoms. The molecule has 6 nitrogen and oxygen atoms in total. The highest BCUT2D eigenvalue weighted by atomic mass is 16.5. The van der Waals surface area contributed by atoms with Gasteiger partial charge in [-0.15, -0.1) is 0 Å². The van der Waals surface area contributed by atoms with E-state index < -0.39 is 18.0 Å². The lowest BCUT2D eigenvalue weighted by molar-refractivity contribution is -0.144. The molecule has 18 heavy (non-hydrogen) atoms. The first-order valence-corrected chi connectivity index (χ1v) is 5.74. The summed E-state index contributed by atoms with van der Waals surface area (Å²) >= 11 is 0. The number of methoxy groups -OCH3 is 1. The van der Waals surface area contributed by atoms with Crippen molar-refractivity contribution in [2.45, 2.75) is 46.1 Å². The van der Waals surface area contributed by atoms with E-state index >= 15 is 0 Å². The minimum Gasteiger partial charge on any atom is -0.480 e. The lowest BCUT2D eigenvalue weighted by Gasteiger charge is -2.20. The summed E-state index contributed by atoms with van der Waals surface area (Å²) in [7, 11) is 1.23. The predicted molar refractivity (Wildman–Crippen MR) is 64.9 cm³/mol. The van der Waals surface area contributed by atoms with Crippen LogP contribution in [0.25, 0.3) is 0 Å². The van der Waals surface area contributed by atoms with Crippen LogP contribution in [0, 0.1) is 5.41 Å². The Labute approximate surface area is 107 Å². The molecule has 1 amide bonds. The van der Waals surface area contributed by atoms with Crippen LogP contribution in [-0.2, 0) is 19.1 Å². The van der Waals surface area contributed by atoms with E-state index in [9.17, 15) is 14.4 Å². The molecular formula is C12H21NO5. The average molecular weight is 259 g/mol. The Hall–Kier alpha value is -1.59. The van der Waals surface area contributed by atoms with Crippen molar-refractivity contribution in [3.63, 3.8) is 0 Å². The van der Waals surface area contributed by atoms with Crippen molar-refractivity contribution >= 4 is 17.8 Å². The first kappa shape index (κ1) is 16.4. The van der Waals surface area contributed by atoms with Crippen LogP contribution in [0.15, 0.2) is 0 Å². The largest absolute Gasteiger partial charge is 0.480 e. The van der Waals surface area contributed by atoms with Crippen LogP contribution in [0.3, 0.4) is 0 Å². The van der Waals surface area contributed by atoms with E-state index in [1.54, 1.807) is 0 Å². The highest BCUT2D eigenvalue weighted by Gasteiger charge is 2.23. The van der Waals surface area contributed by atoms with Crippen molar-refractivity contribution in [1.29, 1.82) is 0 Å².